The average Bonchev–Trinajstić information content (AvgIpc) is 2.70. The standard InChI is InChI=1S/C22H28ClFO4/c1-15(11-23)13-28-21-9-6-17(10-20(21)24)22(2,3)16-4-7-19(8-5-16)27-14-18(26)12-25/h4-10,15,18,25-26H,11-14H2,1-3H3/t15-,18-/m0/s1. The van der Waals surface area contributed by atoms with Crippen molar-refractivity contribution < 1.29 is 24.1 Å². The molecule has 6 heteroatoms. The molecule has 0 aromatic heterocycles. The monoisotopic (exact) mass is 410 g/mol. The largest absolute Gasteiger partial charge is 0.491 e. The van der Waals surface area contributed by atoms with Gasteiger partial charge in [0.2, 0.25) is 0 Å². The van der Waals surface area contributed by atoms with Gasteiger partial charge < -0.3 is 19.7 Å². The molecular weight excluding hydrogens is 383 g/mol. The van der Waals surface area contributed by atoms with Gasteiger partial charge in [-0.2, -0.15) is 0 Å². The van der Waals surface area contributed by atoms with E-state index in [1.807, 2.05) is 39.0 Å². The van der Waals surface area contributed by atoms with Gasteiger partial charge in [0.05, 0.1) is 13.2 Å². The van der Waals surface area contributed by atoms with Crippen LogP contribution in [0.15, 0.2) is 42.5 Å². The molecule has 2 N–H and O–H groups in total. The van der Waals surface area contributed by atoms with Gasteiger partial charge >= 0.3 is 0 Å². The van der Waals surface area contributed by atoms with Crippen LogP contribution in [0.25, 0.3) is 0 Å². The SMILES string of the molecule is C[C@@H](CCl)COc1ccc(C(C)(C)c2ccc(OC[C@@H](O)CO)cc2)cc1F. The smallest absolute Gasteiger partial charge is 0.165 e. The van der Waals surface area contributed by atoms with E-state index >= 15 is 0 Å². The fraction of sp³-hybridized carbons (Fsp3) is 0.455. The van der Waals surface area contributed by atoms with Crippen LogP contribution in [0, 0.1) is 11.7 Å². The summed E-state index contributed by atoms with van der Waals surface area (Å²) < 4.78 is 25.4. The zero-order valence-corrected chi connectivity index (χ0v) is 17.2. The Morgan fingerprint density at radius 2 is 1.68 bits per heavy atom. The highest BCUT2D eigenvalue weighted by atomic mass is 35.5. The Labute approximate surface area is 170 Å². The number of hydrogen-bond acceptors (Lipinski definition) is 4. The summed E-state index contributed by atoms with van der Waals surface area (Å²) in [6, 6.07) is 12.4. The first-order valence-corrected chi connectivity index (χ1v) is 9.82. The molecule has 0 aliphatic heterocycles. The zero-order chi connectivity index (χ0) is 20.7. The molecule has 0 fully saturated rings. The van der Waals surface area contributed by atoms with Gasteiger partial charge in [0, 0.05) is 17.2 Å². The first-order valence-electron chi connectivity index (χ1n) is 9.29. The summed E-state index contributed by atoms with van der Waals surface area (Å²) in [7, 11) is 0. The van der Waals surface area contributed by atoms with E-state index in [4.69, 9.17) is 26.2 Å². The molecule has 2 aromatic rings. The summed E-state index contributed by atoms with van der Waals surface area (Å²) in [5.74, 6) is 1.03. The Morgan fingerprint density at radius 1 is 1.04 bits per heavy atom. The van der Waals surface area contributed by atoms with E-state index in [1.165, 1.54) is 6.07 Å². The van der Waals surface area contributed by atoms with Gasteiger partial charge in [-0.3, -0.25) is 0 Å². The Hall–Kier alpha value is -1.82. The number of ether oxygens (including phenoxy) is 2. The lowest BCUT2D eigenvalue weighted by Gasteiger charge is -2.27. The van der Waals surface area contributed by atoms with E-state index in [2.05, 4.69) is 0 Å². The van der Waals surface area contributed by atoms with Crippen LogP contribution in [-0.4, -0.2) is 42.0 Å². The minimum Gasteiger partial charge on any atom is -0.491 e. The second-order valence-corrected chi connectivity index (χ2v) is 7.82. The fourth-order valence-electron chi connectivity index (χ4n) is 2.66. The lowest BCUT2D eigenvalue weighted by atomic mass is 9.78. The molecule has 0 heterocycles. The minimum atomic E-state index is -0.910. The molecule has 0 radical (unpaired) electrons. The summed E-state index contributed by atoms with van der Waals surface area (Å²) in [4.78, 5) is 0. The van der Waals surface area contributed by atoms with Crippen LogP contribution in [-0.2, 0) is 5.41 Å². The molecule has 0 aliphatic carbocycles. The molecule has 0 saturated carbocycles. The van der Waals surface area contributed by atoms with E-state index < -0.39 is 17.3 Å². The third-order valence-corrected chi connectivity index (χ3v) is 5.20. The number of halogens is 2. The van der Waals surface area contributed by atoms with Crippen LogP contribution < -0.4 is 9.47 Å². The average molecular weight is 411 g/mol. The van der Waals surface area contributed by atoms with Crippen molar-refractivity contribution in [2.24, 2.45) is 5.92 Å². The van der Waals surface area contributed by atoms with E-state index in [0.29, 0.717) is 18.2 Å². The van der Waals surface area contributed by atoms with Crippen molar-refractivity contribution in [3.8, 4) is 11.5 Å². The predicted molar refractivity (Wildman–Crippen MR) is 109 cm³/mol. The molecule has 0 saturated heterocycles. The molecule has 0 unspecified atom stereocenters. The van der Waals surface area contributed by atoms with E-state index in [1.54, 1.807) is 18.2 Å². The normalized spacial score (nSPS) is 13.8. The maximum atomic E-state index is 14.5. The van der Waals surface area contributed by atoms with Crippen molar-refractivity contribution in [1.82, 2.24) is 0 Å². The van der Waals surface area contributed by atoms with Gasteiger partial charge in [0.15, 0.2) is 11.6 Å². The first-order chi connectivity index (χ1) is 13.3. The minimum absolute atomic E-state index is 0.0221. The molecule has 154 valence electrons. The number of hydrogen-bond donors (Lipinski definition) is 2. The van der Waals surface area contributed by atoms with Crippen LogP contribution in [0.1, 0.15) is 31.9 Å². The summed E-state index contributed by atoms with van der Waals surface area (Å²) in [6.45, 7) is 6.03. The number of benzene rings is 2. The number of aliphatic hydroxyl groups is 2. The first kappa shape index (κ1) is 22.5. The Balaban J connectivity index is 2.11. The van der Waals surface area contributed by atoms with Gasteiger partial charge in [-0.1, -0.05) is 39.0 Å². The van der Waals surface area contributed by atoms with Crippen molar-refractivity contribution in [1.29, 1.82) is 0 Å². The number of aliphatic hydroxyl groups excluding tert-OH is 2. The molecule has 28 heavy (non-hydrogen) atoms. The van der Waals surface area contributed by atoms with Gasteiger partial charge in [0.1, 0.15) is 18.5 Å². The topological polar surface area (TPSA) is 58.9 Å². The molecule has 0 aliphatic rings. The van der Waals surface area contributed by atoms with Crippen molar-refractivity contribution in [2.45, 2.75) is 32.3 Å². The van der Waals surface area contributed by atoms with E-state index in [9.17, 15) is 9.50 Å². The molecule has 2 atom stereocenters. The van der Waals surface area contributed by atoms with Crippen molar-refractivity contribution in [3.63, 3.8) is 0 Å². The molecule has 0 amide bonds. The Morgan fingerprint density at radius 3 is 2.25 bits per heavy atom. The predicted octanol–water partition coefficient (Wildman–Crippen LogP) is 4.14. The van der Waals surface area contributed by atoms with Crippen LogP contribution >= 0.6 is 11.6 Å². The number of rotatable bonds is 10. The van der Waals surface area contributed by atoms with Crippen LogP contribution in [0.5, 0.6) is 11.5 Å². The van der Waals surface area contributed by atoms with Gasteiger partial charge in [-0.25, -0.2) is 4.39 Å². The second kappa shape index (κ2) is 10.1. The molecule has 4 nitrogen and oxygen atoms in total. The zero-order valence-electron chi connectivity index (χ0n) is 16.5. The Kier molecular flexibility index (Phi) is 8.10. The maximum absolute atomic E-state index is 14.5. The number of alkyl halides is 1. The Bertz CT molecular complexity index is 749. The highest BCUT2D eigenvalue weighted by Crippen LogP contribution is 2.34. The quantitative estimate of drug-likeness (QED) is 0.578. The van der Waals surface area contributed by atoms with Crippen LogP contribution in [0.4, 0.5) is 4.39 Å². The van der Waals surface area contributed by atoms with E-state index in [0.717, 1.165) is 11.1 Å². The fourth-order valence-corrected chi connectivity index (χ4v) is 2.75. The summed E-state index contributed by atoms with van der Waals surface area (Å²) in [5, 5.41) is 18.2. The van der Waals surface area contributed by atoms with Gasteiger partial charge in [-0.05, 0) is 35.4 Å². The van der Waals surface area contributed by atoms with Crippen LogP contribution in [0.3, 0.4) is 0 Å². The summed E-state index contributed by atoms with van der Waals surface area (Å²) in [5.41, 5.74) is 1.39. The van der Waals surface area contributed by atoms with E-state index in [-0.39, 0.29) is 24.9 Å². The third kappa shape index (κ3) is 5.84. The van der Waals surface area contributed by atoms with Gasteiger partial charge in [-0.15, -0.1) is 11.6 Å². The highest BCUT2D eigenvalue weighted by molar-refractivity contribution is 6.18. The van der Waals surface area contributed by atoms with Crippen molar-refractivity contribution in [2.75, 3.05) is 25.7 Å². The van der Waals surface area contributed by atoms with Crippen LogP contribution in [0.2, 0.25) is 0 Å². The summed E-state index contributed by atoms with van der Waals surface area (Å²) >= 11 is 5.76. The highest BCUT2D eigenvalue weighted by Gasteiger charge is 2.24. The van der Waals surface area contributed by atoms with Gasteiger partial charge in [0.25, 0.3) is 0 Å². The molecule has 2 aromatic carbocycles. The maximum Gasteiger partial charge on any atom is 0.165 e. The lowest BCUT2D eigenvalue weighted by molar-refractivity contribution is 0.0536. The molecular formula is C22H28ClFO4. The second-order valence-electron chi connectivity index (χ2n) is 7.51. The van der Waals surface area contributed by atoms with Crippen molar-refractivity contribution >= 4 is 11.6 Å². The lowest BCUT2D eigenvalue weighted by Crippen LogP contribution is -2.21. The third-order valence-electron chi connectivity index (χ3n) is 4.67. The molecule has 2 rings (SSSR count). The molecule has 0 spiro atoms. The molecule has 0 bridgehead atoms. The van der Waals surface area contributed by atoms with Crippen molar-refractivity contribution in [3.05, 3.63) is 59.4 Å². The summed E-state index contributed by atoms with van der Waals surface area (Å²) in [6.07, 6.45) is -0.910.